The highest BCUT2D eigenvalue weighted by Gasteiger charge is 2.11. The Balaban J connectivity index is 2.17. The van der Waals surface area contributed by atoms with E-state index in [9.17, 15) is 9.18 Å². The van der Waals surface area contributed by atoms with E-state index in [4.69, 9.17) is 11.6 Å². The van der Waals surface area contributed by atoms with Crippen molar-refractivity contribution in [1.82, 2.24) is 9.97 Å². The minimum atomic E-state index is -0.682. The van der Waals surface area contributed by atoms with Gasteiger partial charge in [0.15, 0.2) is 5.82 Å². The highest BCUT2D eigenvalue weighted by atomic mass is 35.5. The maximum absolute atomic E-state index is 13.2. The molecule has 17 heavy (non-hydrogen) atoms. The minimum absolute atomic E-state index is 0.0863. The molecule has 2 aromatic rings. The summed E-state index contributed by atoms with van der Waals surface area (Å²) in [6.45, 7) is 0. The second kappa shape index (κ2) is 4.88. The monoisotopic (exact) mass is 251 g/mol. The average molecular weight is 252 g/mol. The van der Waals surface area contributed by atoms with E-state index >= 15 is 0 Å². The average Bonchev–Trinajstić information content (AvgIpc) is 2.32. The van der Waals surface area contributed by atoms with Crippen LogP contribution in [0.4, 0.5) is 10.2 Å². The molecule has 2 aromatic heterocycles. The van der Waals surface area contributed by atoms with Gasteiger partial charge < -0.3 is 5.32 Å². The maximum Gasteiger partial charge on any atom is 0.259 e. The maximum atomic E-state index is 13.2. The zero-order valence-electron chi connectivity index (χ0n) is 8.52. The summed E-state index contributed by atoms with van der Waals surface area (Å²) < 4.78 is 13.2. The first-order chi connectivity index (χ1) is 8.16. The van der Waals surface area contributed by atoms with E-state index < -0.39 is 11.7 Å². The van der Waals surface area contributed by atoms with Crippen molar-refractivity contribution in [2.75, 3.05) is 5.32 Å². The highest BCUT2D eigenvalue weighted by Crippen LogP contribution is 2.12. The number of hydrogen-bond donors (Lipinski definition) is 1. The van der Waals surface area contributed by atoms with Gasteiger partial charge in [-0.15, -0.1) is 0 Å². The van der Waals surface area contributed by atoms with E-state index in [1.54, 1.807) is 6.07 Å². The molecule has 0 atom stereocenters. The molecule has 0 aliphatic rings. The van der Waals surface area contributed by atoms with Crippen LogP contribution >= 0.6 is 11.6 Å². The number of aromatic nitrogens is 2. The second-order valence-corrected chi connectivity index (χ2v) is 3.61. The summed E-state index contributed by atoms with van der Waals surface area (Å²) in [6, 6.07) is 4.40. The molecule has 1 amide bonds. The normalized spacial score (nSPS) is 10.0. The van der Waals surface area contributed by atoms with Gasteiger partial charge in [0.05, 0.1) is 16.8 Å². The highest BCUT2D eigenvalue weighted by molar-refractivity contribution is 6.30. The molecule has 0 saturated carbocycles. The van der Waals surface area contributed by atoms with Gasteiger partial charge in [0.25, 0.3) is 5.91 Å². The van der Waals surface area contributed by atoms with Crippen LogP contribution in [0.3, 0.4) is 0 Å². The van der Waals surface area contributed by atoms with Gasteiger partial charge in [0.2, 0.25) is 0 Å². The van der Waals surface area contributed by atoms with E-state index in [0.717, 1.165) is 6.20 Å². The molecule has 1 N–H and O–H groups in total. The van der Waals surface area contributed by atoms with Crippen molar-refractivity contribution in [3.8, 4) is 0 Å². The third-order valence-electron chi connectivity index (χ3n) is 1.99. The van der Waals surface area contributed by atoms with Crippen molar-refractivity contribution in [3.63, 3.8) is 0 Å². The Kier molecular flexibility index (Phi) is 3.30. The number of nitrogens with one attached hydrogen (secondary N) is 1. The smallest absolute Gasteiger partial charge is 0.259 e. The third kappa shape index (κ3) is 2.76. The number of nitrogens with zero attached hydrogens (tertiary/aromatic N) is 2. The predicted octanol–water partition coefficient (Wildman–Crippen LogP) is 2.52. The number of carbonyl (C=O) groups excluding carboxylic acids is 1. The fraction of sp³-hybridized carbons (Fsp3) is 0. The molecule has 86 valence electrons. The molecule has 0 saturated heterocycles. The van der Waals surface area contributed by atoms with Crippen LogP contribution in [-0.4, -0.2) is 15.9 Å². The summed E-state index contributed by atoms with van der Waals surface area (Å²) in [5, 5.41) is 2.91. The number of amides is 1. The number of rotatable bonds is 2. The van der Waals surface area contributed by atoms with E-state index in [1.165, 1.54) is 24.5 Å². The number of carbonyl (C=O) groups is 1. The van der Waals surface area contributed by atoms with Gasteiger partial charge in [0, 0.05) is 12.4 Å². The standard InChI is InChI=1S/C11H7ClFN3O/c12-7-1-2-10(15-5-7)16-11(17)8-3-4-14-6-9(8)13/h1-6H,(H,15,16,17). The lowest BCUT2D eigenvalue weighted by Gasteiger charge is -2.04. The Bertz CT molecular complexity index is 545. The Morgan fingerprint density at radius 1 is 1.29 bits per heavy atom. The van der Waals surface area contributed by atoms with Crippen LogP contribution in [0, 0.1) is 5.82 Å². The van der Waals surface area contributed by atoms with E-state index in [0.29, 0.717) is 10.8 Å². The summed E-state index contributed by atoms with van der Waals surface area (Å²) >= 11 is 5.65. The van der Waals surface area contributed by atoms with Crippen molar-refractivity contribution >= 4 is 23.3 Å². The van der Waals surface area contributed by atoms with Crippen LogP contribution < -0.4 is 5.32 Å². The fourth-order valence-corrected chi connectivity index (χ4v) is 1.30. The summed E-state index contributed by atoms with van der Waals surface area (Å²) in [7, 11) is 0. The number of anilines is 1. The SMILES string of the molecule is O=C(Nc1ccc(Cl)cn1)c1ccncc1F. The van der Waals surface area contributed by atoms with Crippen molar-refractivity contribution < 1.29 is 9.18 Å². The van der Waals surface area contributed by atoms with Crippen LogP contribution in [0.25, 0.3) is 0 Å². The molecule has 6 heteroatoms. The largest absolute Gasteiger partial charge is 0.306 e. The van der Waals surface area contributed by atoms with Crippen molar-refractivity contribution in [3.05, 3.63) is 53.2 Å². The number of halogens is 2. The van der Waals surface area contributed by atoms with Crippen molar-refractivity contribution in [1.29, 1.82) is 0 Å². The molecule has 0 bridgehead atoms. The minimum Gasteiger partial charge on any atom is -0.306 e. The fourth-order valence-electron chi connectivity index (χ4n) is 1.19. The molecule has 0 aromatic carbocycles. The van der Waals surface area contributed by atoms with E-state index in [1.807, 2.05) is 0 Å². The summed E-state index contributed by atoms with van der Waals surface area (Å²) in [4.78, 5) is 19.1. The Morgan fingerprint density at radius 2 is 2.12 bits per heavy atom. The molecule has 0 spiro atoms. The van der Waals surface area contributed by atoms with Crippen molar-refractivity contribution in [2.24, 2.45) is 0 Å². The van der Waals surface area contributed by atoms with Gasteiger partial charge in [-0.05, 0) is 18.2 Å². The second-order valence-electron chi connectivity index (χ2n) is 3.17. The van der Waals surface area contributed by atoms with Crippen molar-refractivity contribution in [2.45, 2.75) is 0 Å². The van der Waals surface area contributed by atoms with Crippen LogP contribution in [0.1, 0.15) is 10.4 Å². The van der Waals surface area contributed by atoms with E-state index in [2.05, 4.69) is 15.3 Å². The molecule has 0 radical (unpaired) electrons. The number of hydrogen-bond acceptors (Lipinski definition) is 3. The molecule has 0 aliphatic carbocycles. The molecule has 0 unspecified atom stereocenters. The lowest BCUT2D eigenvalue weighted by molar-refractivity contribution is 0.102. The van der Waals surface area contributed by atoms with Crippen LogP contribution in [0.5, 0.6) is 0 Å². The van der Waals surface area contributed by atoms with Gasteiger partial charge in [-0.3, -0.25) is 9.78 Å². The first-order valence-corrected chi connectivity index (χ1v) is 5.07. The van der Waals surface area contributed by atoms with Crippen LogP contribution in [0.2, 0.25) is 5.02 Å². The van der Waals surface area contributed by atoms with Gasteiger partial charge >= 0.3 is 0 Å². The molecule has 0 aliphatic heterocycles. The summed E-state index contributed by atoms with van der Waals surface area (Å²) in [5.41, 5.74) is -0.0863. The quantitative estimate of drug-likeness (QED) is 0.892. The lowest BCUT2D eigenvalue weighted by atomic mass is 10.2. The predicted molar refractivity (Wildman–Crippen MR) is 61.4 cm³/mol. The Hall–Kier alpha value is -2.01. The zero-order valence-corrected chi connectivity index (χ0v) is 9.28. The Labute approximate surface area is 101 Å². The molecule has 2 rings (SSSR count). The van der Waals surface area contributed by atoms with E-state index in [-0.39, 0.29) is 5.56 Å². The van der Waals surface area contributed by atoms with Gasteiger partial charge in [-0.25, -0.2) is 9.37 Å². The first kappa shape index (κ1) is 11.5. The molecule has 2 heterocycles. The molecular formula is C11H7ClFN3O. The Morgan fingerprint density at radius 3 is 2.76 bits per heavy atom. The van der Waals surface area contributed by atoms with Gasteiger partial charge in [0.1, 0.15) is 5.82 Å². The van der Waals surface area contributed by atoms with Crippen LogP contribution in [0.15, 0.2) is 36.8 Å². The lowest BCUT2D eigenvalue weighted by Crippen LogP contribution is -2.14. The number of pyridine rings is 2. The van der Waals surface area contributed by atoms with Gasteiger partial charge in [-0.1, -0.05) is 11.6 Å². The molecule has 4 nitrogen and oxygen atoms in total. The molecular weight excluding hydrogens is 245 g/mol. The summed E-state index contributed by atoms with van der Waals surface area (Å²) in [6.07, 6.45) is 3.71. The third-order valence-corrected chi connectivity index (χ3v) is 2.21. The first-order valence-electron chi connectivity index (χ1n) is 4.69. The molecule has 0 fully saturated rings. The summed E-state index contributed by atoms with van der Waals surface area (Å²) in [5.74, 6) is -0.964. The zero-order chi connectivity index (χ0) is 12.3. The van der Waals surface area contributed by atoms with Crippen LogP contribution in [-0.2, 0) is 0 Å². The van der Waals surface area contributed by atoms with Gasteiger partial charge in [-0.2, -0.15) is 0 Å². The topological polar surface area (TPSA) is 54.9 Å².